The monoisotopic (exact) mass is 455 g/mol. The second-order valence-corrected chi connectivity index (χ2v) is 8.21. The van der Waals surface area contributed by atoms with E-state index in [1.54, 1.807) is 41.3 Å². The van der Waals surface area contributed by atoms with Gasteiger partial charge in [-0.1, -0.05) is 36.4 Å². The molecule has 7 heteroatoms. The van der Waals surface area contributed by atoms with Crippen molar-refractivity contribution < 1.29 is 27.8 Å². The van der Waals surface area contributed by atoms with Crippen LogP contribution in [0.25, 0.3) is 11.1 Å². The van der Waals surface area contributed by atoms with Crippen molar-refractivity contribution in [3.63, 3.8) is 0 Å². The van der Waals surface area contributed by atoms with Crippen molar-refractivity contribution in [3.05, 3.63) is 95.3 Å². The lowest BCUT2D eigenvalue weighted by atomic mass is 9.85. The summed E-state index contributed by atoms with van der Waals surface area (Å²) in [5, 5.41) is 9.57. The van der Waals surface area contributed by atoms with Gasteiger partial charge in [0.05, 0.1) is 6.04 Å². The highest BCUT2D eigenvalue weighted by molar-refractivity contribution is 5.70. The summed E-state index contributed by atoms with van der Waals surface area (Å²) in [5.74, 6) is -1.67. The normalized spacial score (nSPS) is 19.3. The molecular formula is C26H24F3NO3. The molecule has 1 aliphatic rings. The van der Waals surface area contributed by atoms with Gasteiger partial charge in [-0.3, -0.25) is 0 Å². The average Bonchev–Trinajstić information content (AvgIpc) is 2.79. The minimum atomic E-state index is -1.01. The number of carbonyl (C=O) groups excluding carboxylic acids is 1. The molecule has 0 spiro atoms. The summed E-state index contributed by atoms with van der Waals surface area (Å²) in [7, 11) is 0. The van der Waals surface area contributed by atoms with Crippen molar-refractivity contribution in [2.45, 2.75) is 31.4 Å². The second-order valence-electron chi connectivity index (χ2n) is 8.21. The molecule has 0 aliphatic carbocycles. The van der Waals surface area contributed by atoms with Gasteiger partial charge in [0.2, 0.25) is 0 Å². The number of carbonyl (C=O) groups is 1. The smallest absolute Gasteiger partial charge is 0.411 e. The summed E-state index contributed by atoms with van der Waals surface area (Å²) in [6.45, 7) is 2.07. The minimum absolute atomic E-state index is 0.179. The zero-order valence-corrected chi connectivity index (χ0v) is 18.1. The van der Waals surface area contributed by atoms with E-state index in [4.69, 9.17) is 4.74 Å². The molecule has 1 aliphatic heterocycles. The molecule has 1 N–H and O–H groups in total. The van der Waals surface area contributed by atoms with Crippen molar-refractivity contribution in [2.75, 3.05) is 13.2 Å². The van der Waals surface area contributed by atoms with Crippen LogP contribution in [0.5, 0.6) is 0 Å². The molecule has 3 aromatic carbocycles. The summed E-state index contributed by atoms with van der Waals surface area (Å²) in [6, 6.07) is 15.9. The van der Waals surface area contributed by atoms with Crippen LogP contribution >= 0.6 is 0 Å². The van der Waals surface area contributed by atoms with Gasteiger partial charge in [0.25, 0.3) is 0 Å². The van der Waals surface area contributed by atoms with Gasteiger partial charge in [0.1, 0.15) is 23.1 Å². The SMILES string of the molecule is C[C@H](c1ccc(-c2ccc(F)cc2F)cc1)N1CC[C@](CCO)(c2ccc(F)cc2)OC1=O. The number of cyclic esters (lactones) is 1. The van der Waals surface area contributed by atoms with Gasteiger partial charge in [-0.05, 0) is 47.9 Å². The minimum Gasteiger partial charge on any atom is -0.438 e. The standard InChI is InChI=1S/C26H24F3NO3/c1-17(18-2-4-19(5-3-18)23-11-10-22(28)16-24(23)29)30-14-12-26(13-15-31,33-25(30)32)20-6-8-21(27)9-7-20/h2-11,16-17,31H,12-15H2,1H3/t17-,26+/m1/s1. The van der Waals surface area contributed by atoms with Gasteiger partial charge < -0.3 is 14.7 Å². The van der Waals surface area contributed by atoms with Crippen LogP contribution in [0.3, 0.4) is 0 Å². The largest absolute Gasteiger partial charge is 0.438 e. The molecule has 0 aromatic heterocycles. The number of aliphatic hydroxyl groups is 1. The summed E-state index contributed by atoms with van der Waals surface area (Å²) in [6.07, 6.45) is 0.124. The molecule has 0 radical (unpaired) electrons. The predicted octanol–water partition coefficient (Wildman–Crippen LogP) is 5.95. The molecule has 172 valence electrons. The Labute approximate surface area is 190 Å². The van der Waals surface area contributed by atoms with Crippen molar-refractivity contribution in [1.29, 1.82) is 0 Å². The molecule has 1 saturated heterocycles. The first-order valence-corrected chi connectivity index (χ1v) is 10.7. The molecule has 33 heavy (non-hydrogen) atoms. The van der Waals surface area contributed by atoms with Gasteiger partial charge in [0.15, 0.2) is 0 Å². The molecule has 3 aromatic rings. The first kappa shape index (κ1) is 22.9. The van der Waals surface area contributed by atoms with Crippen LogP contribution < -0.4 is 0 Å². The third-order valence-electron chi connectivity index (χ3n) is 6.26. The van der Waals surface area contributed by atoms with E-state index in [9.17, 15) is 23.1 Å². The molecule has 1 amide bonds. The Morgan fingerprint density at radius 1 is 1.00 bits per heavy atom. The number of hydrogen-bond acceptors (Lipinski definition) is 3. The molecule has 0 saturated carbocycles. The fraction of sp³-hybridized carbons (Fsp3) is 0.269. The van der Waals surface area contributed by atoms with E-state index < -0.39 is 23.3 Å². The number of nitrogens with zero attached hydrogens (tertiary/aromatic N) is 1. The summed E-state index contributed by atoms with van der Waals surface area (Å²) in [5.41, 5.74) is 1.35. The Balaban J connectivity index is 1.52. The molecule has 1 fully saturated rings. The molecule has 0 bridgehead atoms. The average molecular weight is 455 g/mol. The molecule has 4 nitrogen and oxygen atoms in total. The van der Waals surface area contributed by atoms with E-state index in [1.165, 1.54) is 24.3 Å². The van der Waals surface area contributed by atoms with Crippen LogP contribution in [0.1, 0.15) is 36.9 Å². The maximum atomic E-state index is 14.1. The van der Waals surface area contributed by atoms with Gasteiger partial charge in [-0.25, -0.2) is 18.0 Å². The summed E-state index contributed by atoms with van der Waals surface area (Å²) in [4.78, 5) is 14.6. The van der Waals surface area contributed by atoms with Crippen molar-refractivity contribution in [2.24, 2.45) is 0 Å². The van der Waals surface area contributed by atoms with Gasteiger partial charge in [0, 0.05) is 37.6 Å². The van der Waals surface area contributed by atoms with Crippen LogP contribution in [0.2, 0.25) is 0 Å². The maximum Gasteiger partial charge on any atom is 0.411 e. The van der Waals surface area contributed by atoms with Gasteiger partial charge >= 0.3 is 6.09 Å². The predicted molar refractivity (Wildman–Crippen MR) is 118 cm³/mol. The number of rotatable bonds is 6. The number of ether oxygens (including phenoxy) is 1. The second kappa shape index (κ2) is 9.27. The van der Waals surface area contributed by atoms with E-state index in [-0.39, 0.29) is 24.9 Å². The Hall–Kier alpha value is -3.32. The fourth-order valence-corrected chi connectivity index (χ4v) is 4.32. The van der Waals surface area contributed by atoms with E-state index in [0.29, 0.717) is 29.7 Å². The van der Waals surface area contributed by atoms with Crippen molar-refractivity contribution in [1.82, 2.24) is 4.90 Å². The lowest BCUT2D eigenvalue weighted by molar-refractivity contribution is -0.0718. The van der Waals surface area contributed by atoms with Crippen LogP contribution in [-0.4, -0.2) is 29.3 Å². The molecule has 2 atom stereocenters. The van der Waals surface area contributed by atoms with Gasteiger partial charge in [-0.15, -0.1) is 0 Å². The lowest BCUT2D eigenvalue weighted by Crippen LogP contribution is -2.49. The van der Waals surface area contributed by atoms with Crippen LogP contribution in [0, 0.1) is 17.5 Å². The number of benzene rings is 3. The fourth-order valence-electron chi connectivity index (χ4n) is 4.32. The Bertz CT molecular complexity index is 1130. The zero-order valence-electron chi connectivity index (χ0n) is 18.1. The summed E-state index contributed by atoms with van der Waals surface area (Å²) >= 11 is 0. The van der Waals surface area contributed by atoms with E-state index >= 15 is 0 Å². The Kier molecular flexibility index (Phi) is 6.42. The Morgan fingerprint density at radius 3 is 2.27 bits per heavy atom. The highest BCUT2D eigenvalue weighted by atomic mass is 19.1. The van der Waals surface area contributed by atoms with Crippen LogP contribution in [0.15, 0.2) is 66.7 Å². The van der Waals surface area contributed by atoms with Crippen molar-refractivity contribution >= 4 is 6.09 Å². The maximum absolute atomic E-state index is 14.1. The van der Waals surface area contributed by atoms with E-state index in [0.717, 1.165) is 11.6 Å². The quantitative estimate of drug-likeness (QED) is 0.500. The Morgan fingerprint density at radius 2 is 1.67 bits per heavy atom. The highest BCUT2D eigenvalue weighted by Gasteiger charge is 2.43. The third kappa shape index (κ3) is 4.59. The van der Waals surface area contributed by atoms with E-state index in [1.807, 2.05) is 6.92 Å². The number of hydrogen-bond donors (Lipinski definition) is 1. The zero-order chi connectivity index (χ0) is 23.6. The third-order valence-corrected chi connectivity index (χ3v) is 6.26. The highest BCUT2D eigenvalue weighted by Crippen LogP contribution is 2.39. The molecule has 4 rings (SSSR count). The lowest BCUT2D eigenvalue weighted by Gasteiger charge is -2.43. The molecule has 1 heterocycles. The van der Waals surface area contributed by atoms with Crippen molar-refractivity contribution in [3.8, 4) is 11.1 Å². The van der Waals surface area contributed by atoms with Gasteiger partial charge in [-0.2, -0.15) is 0 Å². The molecule has 0 unspecified atom stereocenters. The number of amides is 1. The first-order valence-electron chi connectivity index (χ1n) is 10.7. The summed E-state index contributed by atoms with van der Waals surface area (Å²) < 4.78 is 46.5. The first-order chi connectivity index (χ1) is 15.8. The molecular weight excluding hydrogens is 431 g/mol. The van der Waals surface area contributed by atoms with E-state index in [2.05, 4.69) is 0 Å². The number of halogens is 3. The van der Waals surface area contributed by atoms with Crippen LogP contribution in [-0.2, 0) is 10.3 Å². The van der Waals surface area contributed by atoms with Crippen LogP contribution in [0.4, 0.5) is 18.0 Å². The number of aliphatic hydroxyl groups excluding tert-OH is 1. The topological polar surface area (TPSA) is 49.8 Å².